The van der Waals surface area contributed by atoms with E-state index in [1.807, 2.05) is 0 Å². The summed E-state index contributed by atoms with van der Waals surface area (Å²) in [6.45, 7) is 4.54. The summed E-state index contributed by atoms with van der Waals surface area (Å²) in [6.07, 6.45) is 4.79. The van der Waals surface area contributed by atoms with Gasteiger partial charge in [0.2, 0.25) is 11.6 Å². The molecule has 3 aromatic heterocycles. The Morgan fingerprint density at radius 2 is 2.00 bits per heavy atom. The number of methoxy groups -OCH3 is 1. The Morgan fingerprint density at radius 1 is 1.24 bits per heavy atom. The molecule has 0 bridgehead atoms. The number of nitrogens with two attached hydrogens (primary N) is 1. The molecular formula is C19H21N7O3. The van der Waals surface area contributed by atoms with Crippen LogP contribution in [0, 0.1) is 6.92 Å². The number of carbonyl (C=O) groups is 1. The molecule has 29 heavy (non-hydrogen) atoms. The number of hydrogen-bond acceptors (Lipinski definition) is 9. The van der Waals surface area contributed by atoms with Gasteiger partial charge in [-0.1, -0.05) is 0 Å². The van der Waals surface area contributed by atoms with Gasteiger partial charge in [0.05, 0.1) is 47.9 Å². The van der Waals surface area contributed by atoms with Crippen molar-refractivity contribution in [2.45, 2.75) is 45.3 Å². The van der Waals surface area contributed by atoms with Crippen molar-refractivity contribution in [1.29, 1.82) is 0 Å². The van der Waals surface area contributed by atoms with Crippen LogP contribution >= 0.6 is 0 Å². The number of aromatic nitrogens is 4. The van der Waals surface area contributed by atoms with Gasteiger partial charge in [-0.05, 0) is 26.7 Å². The second kappa shape index (κ2) is 6.11. The lowest BCUT2D eigenvalue weighted by Gasteiger charge is -2.25. The fourth-order valence-electron chi connectivity index (χ4n) is 3.78. The van der Waals surface area contributed by atoms with Gasteiger partial charge >= 0.3 is 0 Å². The minimum Gasteiger partial charge on any atom is -0.481 e. The summed E-state index contributed by atoms with van der Waals surface area (Å²) in [6, 6.07) is 0. The maximum atomic E-state index is 13.5. The fourth-order valence-corrected chi connectivity index (χ4v) is 3.78. The van der Waals surface area contributed by atoms with Crippen LogP contribution in [0.25, 0.3) is 11.1 Å². The van der Waals surface area contributed by atoms with Crippen molar-refractivity contribution in [1.82, 2.24) is 24.8 Å². The summed E-state index contributed by atoms with van der Waals surface area (Å²) in [5.74, 6) is 7.66. The number of fused-ring (bicyclic) bond motifs is 2. The first-order valence-corrected chi connectivity index (χ1v) is 9.38. The first kappa shape index (κ1) is 17.8. The predicted molar refractivity (Wildman–Crippen MR) is 103 cm³/mol. The van der Waals surface area contributed by atoms with Crippen molar-refractivity contribution in [2.24, 2.45) is 5.84 Å². The molecule has 0 spiro atoms. The zero-order chi connectivity index (χ0) is 20.3. The van der Waals surface area contributed by atoms with Crippen molar-refractivity contribution in [2.75, 3.05) is 12.1 Å². The molecule has 1 saturated carbocycles. The van der Waals surface area contributed by atoms with E-state index in [1.165, 1.54) is 12.7 Å². The van der Waals surface area contributed by atoms with E-state index in [0.717, 1.165) is 24.1 Å². The third kappa shape index (κ3) is 2.63. The lowest BCUT2D eigenvalue weighted by atomic mass is 10.1. The molecule has 0 aromatic carbocycles. The van der Waals surface area contributed by atoms with Crippen LogP contribution in [0.4, 0.5) is 5.82 Å². The second-order valence-electron chi connectivity index (χ2n) is 7.75. The topological polar surface area (TPSA) is 124 Å². The van der Waals surface area contributed by atoms with Crippen LogP contribution in [0.3, 0.4) is 0 Å². The molecule has 1 aliphatic heterocycles. The highest BCUT2D eigenvalue weighted by atomic mass is 16.5. The summed E-state index contributed by atoms with van der Waals surface area (Å²) < 4.78 is 11.1. The number of hydrogen-bond donors (Lipinski definition) is 1. The molecule has 4 heterocycles. The normalized spacial score (nSPS) is 16.8. The molecule has 1 aliphatic carbocycles. The first-order chi connectivity index (χ1) is 13.9. The average molecular weight is 395 g/mol. The van der Waals surface area contributed by atoms with Gasteiger partial charge in [-0.15, -0.1) is 0 Å². The number of ether oxygens (including phenoxy) is 1. The van der Waals surface area contributed by atoms with Gasteiger partial charge < -0.3 is 14.1 Å². The Bertz CT molecular complexity index is 1140. The molecule has 1 amide bonds. The van der Waals surface area contributed by atoms with Crippen LogP contribution in [0.2, 0.25) is 0 Å². The van der Waals surface area contributed by atoms with E-state index in [0.29, 0.717) is 47.2 Å². The van der Waals surface area contributed by atoms with Crippen LogP contribution in [-0.2, 0) is 13.1 Å². The van der Waals surface area contributed by atoms with E-state index in [1.54, 1.807) is 23.9 Å². The minimum absolute atomic E-state index is 0.167. The summed E-state index contributed by atoms with van der Waals surface area (Å²) in [7, 11) is 1.55. The molecule has 0 saturated heterocycles. The zero-order valence-corrected chi connectivity index (χ0v) is 16.5. The van der Waals surface area contributed by atoms with Gasteiger partial charge in [0.15, 0.2) is 5.82 Å². The fraction of sp³-hybridized carbons (Fsp3) is 0.421. The molecule has 3 aromatic rings. The number of furan rings is 1. The van der Waals surface area contributed by atoms with Gasteiger partial charge in [0.25, 0.3) is 5.91 Å². The Balaban J connectivity index is 1.57. The Labute approximate surface area is 166 Å². The van der Waals surface area contributed by atoms with E-state index in [2.05, 4.69) is 26.9 Å². The number of carbonyl (C=O) groups excluding carboxylic acids is 1. The molecule has 2 aliphatic rings. The number of rotatable bonds is 4. The van der Waals surface area contributed by atoms with Crippen molar-refractivity contribution < 1.29 is 13.9 Å². The molecule has 1 fully saturated rings. The monoisotopic (exact) mass is 395 g/mol. The molecule has 2 N–H and O–H groups in total. The van der Waals surface area contributed by atoms with Gasteiger partial charge in [-0.3, -0.25) is 9.80 Å². The highest BCUT2D eigenvalue weighted by Gasteiger charge is 2.44. The Kier molecular flexibility index (Phi) is 3.75. The van der Waals surface area contributed by atoms with E-state index < -0.39 is 0 Å². The van der Waals surface area contributed by atoms with Crippen LogP contribution < -0.4 is 15.6 Å². The minimum atomic E-state index is -0.188. The Morgan fingerprint density at radius 3 is 2.72 bits per heavy atom. The quantitative estimate of drug-likeness (QED) is 0.519. The molecular weight excluding hydrogens is 374 g/mol. The Hall–Kier alpha value is -3.27. The molecule has 150 valence electrons. The third-order valence-electron chi connectivity index (χ3n) is 5.81. The standard InChI is InChI=1S/C19H21N7O3/c1-10-13(18(27)25-6-11-12(7-25)21-8-23-16(11)28-3)14-15(22-9-24-17(14)29-10)26(20)19(2)4-5-19/h8-9H,4-7,20H2,1-3H3. The molecule has 5 rings (SSSR count). The SMILES string of the molecule is COc1ncnc2c1CN(C(=O)c1c(C)oc3ncnc(N(N)C4(C)CC4)c13)C2. The summed E-state index contributed by atoms with van der Waals surface area (Å²) in [5, 5.41) is 2.18. The van der Waals surface area contributed by atoms with E-state index >= 15 is 0 Å². The zero-order valence-electron chi connectivity index (χ0n) is 16.5. The second-order valence-corrected chi connectivity index (χ2v) is 7.75. The molecule has 0 atom stereocenters. The number of hydrazine groups is 1. The maximum Gasteiger partial charge on any atom is 0.258 e. The number of amides is 1. The lowest BCUT2D eigenvalue weighted by Crippen LogP contribution is -2.42. The highest BCUT2D eigenvalue weighted by Crippen LogP contribution is 2.43. The van der Waals surface area contributed by atoms with Crippen molar-refractivity contribution in [3.8, 4) is 5.88 Å². The number of anilines is 1. The lowest BCUT2D eigenvalue weighted by molar-refractivity contribution is 0.0750. The van der Waals surface area contributed by atoms with E-state index in [-0.39, 0.29) is 11.4 Å². The highest BCUT2D eigenvalue weighted by molar-refractivity contribution is 6.10. The van der Waals surface area contributed by atoms with Crippen LogP contribution in [0.5, 0.6) is 5.88 Å². The van der Waals surface area contributed by atoms with Gasteiger partial charge in [-0.25, -0.2) is 25.8 Å². The van der Waals surface area contributed by atoms with Crippen molar-refractivity contribution >= 4 is 22.8 Å². The number of nitrogens with zero attached hydrogens (tertiary/aromatic N) is 6. The maximum absolute atomic E-state index is 13.5. The van der Waals surface area contributed by atoms with Gasteiger partial charge in [0.1, 0.15) is 18.4 Å². The molecule has 10 nitrogen and oxygen atoms in total. The van der Waals surface area contributed by atoms with Crippen LogP contribution in [0.1, 0.15) is 47.1 Å². The number of aryl methyl sites for hydroxylation is 1. The average Bonchev–Trinajstić information content (AvgIpc) is 3.18. The van der Waals surface area contributed by atoms with Gasteiger partial charge in [0, 0.05) is 0 Å². The molecule has 10 heteroatoms. The van der Waals surface area contributed by atoms with Crippen LogP contribution in [-0.4, -0.2) is 43.4 Å². The smallest absolute Gasteiger partial charge is 0.258 e. The first-order valence-electron chi connectivity index (χ1n) is 9.38. The van der Waals surface area contributed by atoms with Crippen molar-refractivity contribution in [3.05, 3.63) is 35.2 Å². The summed E-state index contributed by atoms with van der Waals surface area (Å²) in [5.41, 5.74) is 2.20. The summed E-state index contributed by atoms with van der Waals surface area (Å²) in [4.78, 5) is 32.2. The third-order valence-corrected chi connectivity index (χ3v) is 5.81. The predicted octanol–water partition coefficient (Wildman–Crippen LogP) is 1.72. The van der Waals surface area contributed by atoms with Crippen molar-refractivity contribution in [3.63, 3.8) is 0 Å². The summed E-state index contributed by atoms with van der Waals surface area (Å²) >= 11 is 0. The molecule has 0 radical (unpaired) electrons. The van der Waals surface area contributed by atoms with Crippen LogP contribution in [0.15, 0.2) is 17.1 Å². The molecule has 0 unspecified atom stereocenters. The van der Waals surface area contributed by atoms with E-state index in [4.69, 9.17) is 15.0 Å². The largest absolute Gasteiger partial charge is 0.481 e. The van der Waals surface area contributed by atoms with Gasteiger partial charge in [-0.2, -0.15) is 0 Å². The van der Waals surface area contributed by atoms with E-state index in [9.17, 15) is 4.79 Å².